The highest BCUT2D eigenvalue weighted by molar-refractivity contribution is 7.08. The lowest BCUT2D eigenvalue weighted by Crippen LogP contribution is -2.06. The van der Waals surface area contributed by atoms with Gasteiger partial charge in [-0.3, -0.25) is 0 Å². The number of nitrogens with zero attached hydrogens (tertiary/aromatic N) is 2. The Morgan fingerprint density at radius 3 is 2.88 bits per heavy atom. The lowest BCUT2D eigenvalue weighted by atomic mass is 10.2. The quantitative estimate of drug-likeness (QED) is 0.878. The summed E-state index contributed by atoms with van der Waals surface area (Å²) in [4.78, 5) is 7.80. The van der Waals surface area contributed by atoms with Crippen LogP contribution in [0.15, 0.2) is 17.0 Å². The van der Waals surface area contributed by atoms with E-state index >= 15 is 0 Å². The van der Waals surface area contributed by atoms with E-state index < -0.39 is 5.82 Å². The average molecular weight is 252 g/mol. The molecule has 0 spiro atoms. The Hall–Kier alpha value is -1.69. The van der Waals surface area contributed by atoms with Gasteiger partial charge < -0.3 is 10.6 Å². The number of halogens is 1. The fourth-order valence-corrected chi connectivity index (χ4v) is 2.22. The van der Waals surface area contributed by atoms with Gasteiger partial charge in [0.2, 0.25) is 5.95 Å². The van der Waals surface area contributed by atoms with Gasteiger partial charge in [0.05, 0.1) is 6.20 Å². The standard InChI is InChI=1S/C11H13FN4S/c1-7-5-17-6-8(7)3-14-10-9(12)4-15-11(13-2)16-10/h4-6H,3H2,1-2H3,(H2,13,14,15,16). The van der Waals surface area contributed by atoms with Crippen LogP contribution < -0.4 is 10.6 Å². The van der Waals surface area contributed by atoms with Crippen molar-refractivity contribution in [2.24, 2.45) is 0 Å². The molecule has 0 fully saturated rings. The van der Waals surface area contributed by atoms with Gasteiger partial charge in [0.1, 0.15) is 0 Å². The lowest BCUT2D eigenvalue weighted by Gasteiger charge is -2.07. The van der Waals surface area contributed by atoms with E-state index in [0.717, 1.165) is 11.8 Å². The number of aryl methyl sites for hydroxylation is 1. The maximum atomic E-state index is 13.4. The molecule has 2 aromatic rings. The van der Waals surface area contributed by atoms with Crippen LogP contribution in [-0.2, 0) is 6.54 Å². The van der Waals surface area contributed by atoms with Crippen LogP contribution in [0.1, 0.15) is 11.1 Å². The molecule has 0 unspecified atom stereocenters. The van der Waals surface area contributed by atoms with Crippen LogP contribution in [0.25, 0.3) is 0 Å². The minimum atomic E-state index is -0.447. The van der Waals surface area contributed by atoms with Gasteiger partial charge in [0.25, 0.3) is 0 Å². The van der Waals surface area contributed by atoms with E-state index in [1.54, 1.807) is 18.4 Å². The van der Waals surface area contributed by atoms with Gasteiger partial charge in [-0.1, -0.05) is 0 Å². The van der Waals surface area contributed by atoms with E-state index in [9.17, 15) is 4.39 Å². The van der Waals surface area contributed by atoms with Gasteiger partial charge in [-0.05, 0) is 28.8 Å². The molecule has 0 saturated carbocycles. The molecular formula is C11H13FN4S. The minimum Gasteiger partial charge on any atom is -0.363 e. The van der Waals surface area contributed by atoms with Crippen molar-refractivity contribution in [1.29, 1.82) is 0 Å². The summed E-state index contributed by atoms with van der Waals surface area (Å²) in [6, 6.07) is 0. The molecule has 0 amide bonds. The maximum Gasteiger partial charge on any atom is 0.224 e. The van der Waals surface area contributed by atoms with Crippen LogP contribution in [0, 0.1) is 12.7 Å². The maximum absolute atomic E-state index is 13.4. The predicted molar refractivity (Wildman–Crippen MR) is 67.9 cm³/mol. The first-order chi connectivity index (χ1) is 8.20. The average Bonchev–Trinajstić information content (AvgIpc) is 2.74. The second kappa shape index (κ2) is 5.09. The van der Waals surface area contributed by atoms with Crippen molar-refractivity contribution in [2.45, 2.75) is 13.5 Å². The Kier molecular flexibility index (Phi) is 3.53. The minimum absolute atomic E-state index is 0.218. The van der Waals surface area contributed by atoms with Crippen molar-refractivity contribution in [3.63, 3.8) is 0 Å². The molecule has 17 heavy (non-hydrogen) atoms. The summed E-state index contributed by atoms with van der Waals surface area (Å²) in [5.41, 5.74) is 2.35. The zero-order valence-electron chi connectivity index (χ0n) is 9.62. The Balaban J connectivity index is 2.11. The zero-order chi connectivity index (χ0) is 12.3. The predicted octanol–water partition coefficient (Wildman–Crippen LogP) is 2.64. The van der Waals surface area contributed by atoms with Crippen LogP contribution >= 0.6 is 11.3 Å². The summed E-state index contributed by atoms with van der Waals surface area (Å²) < 4.78 is 13.4. The summed E-state index contributed by atoms with van der Waals surface area (Å²) in [5, 5.41) is 9.85. The Labute approximate surface area is 103 Å². The zero-order valence-corrected chi connectivity index (χ0v) is 10.4. The normalized spacial score (nSPS) is 10.3. The van der Waals surface area contributed by atoms with E-state index in [2.05, 4.69) is 26.0 Å². The third kappa shape index (κ3) is 2.71. The molecule has 0 saturated heterocycles. The fourth-order valence-electron chi connectivity index (χ4n) is 1.36. The molecule has 2 rings (SSSR count). The number of hydrogen-bond donors (Lipinski definition) is 2. The van der Waals surface area contributed by atoms with Gasteiger partial charge in [-0.2, -0.15) is 16.3 Å². The smallest absolute Gasteiger partial charge is 0.224 e. The third-order valence-electron chi connectivity index (χ3n) is 2.38. The summed E-state index contributed by atoms with van der Waals surface area (Å²) in [7, 11) is 1.69. The van der Waals surface area contributed by atoms with Crippen molar-refractivity contribution in [3.8, 4) is 0 Å². The highest BCUT2D eigenvalue weighted by Crippen LogP contribution is 2.17. The molecular weight excluding hydrogens is 239 g/mol. The summed E-state index contributed by atoms with van der Waals surface area (Å²) in [6.45, 7) is 2.59. The highest BCUT2D eigenvalue weighted by Gasteiger charge is 2.06. The molecule has 0 aliphatic carbocycles. The molecule has 0 atom stereocenters. The number of rotatable bonds is 4. The topological polar surface area (TPSA) is 49.8 Å². The van der Waals surface area contributed by atoms with Crippen LogP contribution in [0.3, 0.4) is 0 Å². The van der Waals surface area contributed by atoms with Crippen molar-refractivity contribution < 1.29 is 4.39 Å². The molecule has 2 heterocycles. The molecule has 6 heteroatoms. The first-order valence-corrected chi connectivity index (χ1v) is 6.11. The van der Waals surface area contributed by atoms with E-state index in [1.165, 1.54) is 5.56 Å². The monoisotopic (exact) mass is 252 g/mol. The number of anilines is 2. The third-order valence-corrected chi connectivity index (χ3v) is 3.29. The van der Waals surface area contributed by atoms with Crippen LogP contribution in [0.4, 0.5) is 16.2 Å². The largest absolute Gasteiger partial charge is 0.363 e. The molecule has 0 radical (unpaired) electrons. The van der Waals surface area contributed by atoms with Crippen LogP contribution in [0.2, 0.25) is 0 Å². The number of hydrogen-bond acceptors (Lipinski definition) is 5. The van der Waals surface area contributed by atoms with Crippen molar-refractivity contribution in [3.05, 3.63) is 33.9 Å². The molecule has 2 aromatic heterocycles. The Morgan fingerprint density at radius 1 is 1.41 bits per heavy atom. The molecule has 4 nitrogen and oxygen atoms in total. The van der Waals surface area contributed by atoms with E-state index in [1.807, 2.05) is 12.3 Å². The Morgan fingerprint density at radius 2 is 2.24 bits per heavy atom. The summed E-state index contributed by atoms with van der Waals surface area (Å²) in [5.74, 6) is 0.169. The van der Waals surface area contributed by atoms with Crippen LogP contribution in [0.5, 0.6) is 0 Å². The SMILES string of the molecule is CNc1ncc(F)c(NCc2cscc2C)n1. The van der Waals surface area contributed by atoms with Crippen LogP contribution in [-0.4, -0.2) is 17.0 Å². The molecule has 2 N–H and O–H groups in total. The molecule has 90 valence electrons. The highest BCUT2D eigenvalue weighted by atomic mass is 32.1. The van der Waals surface area contributed by atoms with E-state index in [4.69, 9.17) is 0 Å². The van der Waals surface area contributed by atoms with E-state index in [0.29, 0.717) is 12.5 Å². The van der Waals surface area contributed by atoms with Crippen molar-refractivity contribution >= 4 is 23.1 Å². The number of thiophene rings is 1. The van der Waals surface area contributed by atoms with Gasteiger partial charge in [0.15, 0.2) is 11.6 Å². The summed E-state index contributed by atoms with van der Waals surface area (Å²) >= 11 is 1.63. The first kappa shape index (κ1) is 11.8. The first-order valence-electron chi connectivity index (χ1n) is 5.16. The molecule has 0 bridgehead atoms. The fraction of sp³-hybridized carbons (Fsp3) is 0.273. The summed E-state index contributed by atoms with van der Waals surface area (Å²) in [6.07, 6.45) is 1.15. The van der Waals surface area contributed by atoms with Gasteiger partial charge in [-0.15, -0.1) is 0 Å². The van der Waals surface area contributed by atoms with E-state index in [-0.39, 0.29) is 5.82 Å². The molecule has 0 aromatic carbocycles. The molecule has 0 aliphatic heterocycles. The van der Waals surface area contributed by atoms with Gasteiger partial charge in [0, 0.05) is 13.6 Å². The number of nitrogens with one attached hydrogen (secondary N) is 2. The second-order valence-electron chi connectivity index (χ2n) is 3.57. The Bertz CT molecular complexity index is 512. The number of aromatic nitrogens is 2. The van der Waals surface area contributed by atoms with Crippen molar-refractivity contribution in [2.75, 3.05) is 17.7 Å². The second-order valence-corrected chi connectivity index (χ2v) is 4.32. The van der Waals surface area contributed by atoms with Gasteiger partial charge >= 0.3 is 0 Å². The van der Waals surface area contributed by atoms with Crippen molar-refractivity contribution in [1.82, 2.24) is 9.97 Å². The lowest BCUT2D eigenvalue weighted by molar-refractivity contribution is 0.617. The molecule has 0 aliphatic rings. The van der Waals surface area contributed by atoms with Gasteiger partial charge in [-0.25, -0.2) is 9.37 Å².